The highest BCUT2D eigenvalue weighted by molar-refractivity contribution is 7.13. The van der Waals surface area contributed by atoms with Gasteiger partial charge in [-0.2, -0.15) is 0 Å². The smallest absolute Gasteiger partial charge is 0.337 e. The lowest BCUT2D eigenvalue weighted by molar-refractivity contribution is 0.0696. The van der Waals surface area contributed by atoms with Gasteiger partial charge in [0.2, 0.25) is 0 Å². The molecule has 3 heterocycles. The zero-order valence-electron chi connectivity index (χ0n) is 9.07. The fourth-order valence-electron chi connectivity index (χ4n) is 1.64. The Kier molecular flexibility index (Phi) is 2.27. The Labute approximate surface area is 105 Å². The minimum Gasteiger partial charge on any atom is -0.478 e. The van der Waals surface area contributed by atoms with E-state index in [0.717, 1.165) is 4.88 Å². The van der Waals surface area contributed by atoms with Crippen LogP contribution in [-0.2, 0) is 0 Å². The van der Waals surface area contributed by atoms with Crippen molar-refractivity contribution in [3.63, 3.8) is 0 Å². The Bertz CT molecular complexity index is 733. The number of hydrogen-bond acceptors (Lipinski definition) is 5. The molecule has 0 fully saturated rings. The van der Waals surface area contributed by atoms with Crippen molar-refractivity contribution in [2.24, 2.45) is 0 Å². The summed E-state index contributed by atoms with van der Waals surface area (Å²) in [6.07, 6.45) is 1.40. The molecular formula is C11H8N4O2S. The largest absolute Gasteiger partial charge is 0.478 e. The lowest BCUT2D eigenvalue weighted by Gasteiger charge is -1.98. The Hall–Kier alpha value is -2.41. The van der Waals surface area contributed by atoms with Crippen LogP contribution < -0.4 is 5.73 Å². The molecule has 3 N–H and O–H groups in total. The predicted molar refractivity (Wildman–Crippen MR) is 67.7 cm³/mol. The Morgan fingerprint density at radius 2 is 2.33 bits per heavy atom. The van der Waals surface area contributed by atoms with E-state index in [9.17, 15) is 4.79 Å². The molecule has 0 aliphatic heterocycles. The summed E-state index contributed by atoms with van der Waals surface area (Å²) < 4.78 is 1.40. The van der Waals surface area contributed by atoms with Crippen molar-refractivity contribution in [2.75, 3.05) is 5.73 Å². The first kappa shape index (κ1) is 10.7. The van der Waals surface area contributed by atoms with Crippen LogP contribution in [0.1, 0.15) is 10.4 Å². The first-order chi connectivity index (χ1) is 8.65. The molecule has 3 aromatic heterocycles. The molecule has 0 aliphatic rings. The molecule has 0 aliphatic carbocycles. The molecule has 0 atom stereocenters. The van der Waals surface area contributed by atoms with Crippen LogP contribution in [0.5, 0.6) is 0 Å². The van der Waals surface area contributed by atoms with Gasteiger partial charge in [-0.1, -0.05) is 6.07 Å². The number of carboxylic acids is 1. The maximum atomic E-state index is 10.9. The van der Waals surface area contributed by atoms with Crippen molar-refractivity contribution < 1.29 is 9.90 Å². The number of anilines is 1. The van der Waals surface area contributed by atoms with E-state index in [1.807, 2.05) is 17.5 Å². The van der Waals surface area contributed by atoms with Crippen LogP contribution in [-0.4, -0.2) is 25.7 Å². The van der Waals surface area contributed by atoms with Gasteiger partial charge in [0.25, 0.3) is 0 Å². The third-order valence-corrected chi connectivity index (χ3v) is 3.32. The number of hydrogen-bond donors (Lipinski definition) is 2. The second-order valence-electron chi connectivity index (χ2n) is 3.67. The Morgan fingerprint density at radius 3 is 3.00 bits per heavy atom. The van der Waals surface area contributed by atoms with Gasteiger partial charge in [0, 0.05) is 6.20 Å². The number of rotatable bonds is 2. The van der Waals surface area contributed by atoms with Crippen molar-refractivity contribution >= 4 is 28.6 Å². The highest BCUT2D eigenvalue weighted by Crippen LogP contribution is 2.23. The summed E-state index contributed by atoms with van der Waals surface area (Å²) in [4.78, 5) is 16.1. The van der Waals surface area contributed by atoms with Crippen LogP contribution in [0.4, 0.5) is 5.69 Å². The molecule has 90 valence electrons. The van der Waals surface area contributed by atoms with Crippen LogP contribution in [0.2, 0.25) is 0 Å². The number of pyridine rings is 1. The first-order valence-electron chi connectivity index (χ1n) is 5.08. The highest BCUT2D eigenvalue weighted by atomic mass is 32.1. The number of aromatic nitrogens is 3. The lowest BCUT2D eigenvalue weighted by Crippen LogP contribution is -2.02. The van der Waals surface area contributed by atoms with Crippen LogP contribution in [0.15, 0.2) is 29.8 Å². The minimum absolute atomic E-state index is 0.0858. The number of aromatic carboxylic acids is 1. The van der Waals surface area contributed by atoms with Crippen molar-refractivity contribution in [3.8, 4) is 10.7 Å². The normalized spacial score (nSPS) is 10.9. The number of nitrogens with zero attached hydrogens (tertiary/aromatic N) is 3. The van der Waals surface area contributed by atoms with Gasteiger partial charge in [-0.15, -0.1) is 16.4 Å². The number of fused-ring (bicyclic) bond motifs is 1. The van der Waals surface area contributed by atoms with Gasteiger partial charge in [-0.05, 0) is 17.5 Å². The minimum atomic E-state index is -1.04. The first-order valence-corrected chi connectivity index (χ1v) is 5.96. The molecule has 18 heavy (non-hydrogen) atoms. The van der Waals surface area contributed by atoms with E-state index >= 15 is 0 Å². The number of nitrogen functional groups attached to an aromatic ring is 1. The molecule has 0 bridgehead atoms. The van der Waals surface area contributed by atoms with Crippen molar-refractivity contribution in [2.45, 2.75) is 0 Å². The fraction of sp³-hybridized carbons (Fsp3) is 0. The van der Waals surface area contributed by atoms with Gasteiger partial charge in [0.05, 0.1) is 16.1 Å². The number of carboxylic acid groups (broad SMARTS) is 1. The number of thiophene rings is 1. The summed E-state index contributed by atoms with van der Waals surface area (Å²) in [5, 5.41) is 15.1. The van der Waals surface area contributed by atoms with Crippen LogP contribution >= 0.6 is 11.3 Å². The maximum absolute atomic E-state index is 10.9. The Balaban J connectivity index is 2.23. The molecule has 0 unspecified atom stereocenters. The van der Waals surface area contributed by atoms with Crippen molar-refractivity contribution in [1.29, 1.82) is 0 Å². The van der Waals surface area contributed by atoms with E-state index in [-0.39, 0.29) is 5.56 Å². The van der Waals surface area contributed by atoms with Gasteiger partial charge >= 0.3 is 5.97 Å². The standard InChI is InChI=1S/C11H8N4O2S/c12-7-4-6(11(16)17)5-15-10(7)13-9(14-15)8-2-1-3-18-8/h1-5H,12H2,(H,16,17). The number of nitrogens with two attached hydrogens (primary N) is 1. The van der Waals surface area contributed by atoms with Crippen molar-refractivity contribution in [1.82, 2.24) is 14.6 Å². The van der Waals surface area contributed by atoms with Crippen LogP contribution in [0.3, 0.4) is 0 Å². The van der Waals surface area contributed by atoms with E-state index in [1.54, 1.807) is 0 Å². The average molecular weight is 260 g/mol. The monoisotopic (exact) mass is 260 g/mol. The Morgan fingerprint density at radius 1 is 1.50 bits per heavy atom. The molecule has 3 aromatic rings. The van der Waals surface area contributed by atoms with Crippen molar-refractivity contribution in [3.05, 3.63) is 35.3 Å². The van der Waals surface area contributed by atoms with Gasteiger partial charge in [-0.3, -0.25) is 0 Å². The molecule has 3 rings (SSSR count). The summed E-state index contributed by atoms with van der Waals surface area (Å²) >= 11 is 1.51. The third kappa shape index (κ3) is 1.61. The molecular weight excluding hydrogens is 252 g/mol. The van der Waals surface area contributed by atoms with Gasteiger partial charge < -0.3 is 10.8 Å². The molecule has 0 radical (unpaired) electrons. The summed E-state index contributed by atoms with van der Waals surface area (Å²) in [5.74, 6) is -0.504. The van der Waals surface area contributed by atoms with Crippen LogP contribution in [0.25, 0.3) is 16.3 Å². The summed E-state index contributed by atoms with van der Waals surface area (Å²) in [5.41, 5.74) is 6.62. The molecule has 0 amide bonds. The second kappa shape index (κ2) is 3.81. The van der Waals surface area contributed by atoms with Crippen LogP contribution in [0, 0.1) is 0 Å². The molecule has 6 nitrogen and oxygen atoms in total. The molecule has 0 saturated carbocycles. The van der Waals surface area contributed by atoms with Gasteiger partial charge in [0.15, 0.2) is 11.5 Å². The topological polar surface area (TPSA) is 93.5 Å². The molecule has 0 spiro atoms. The van der Waals surface area contributed by atoms with Gasteiger partial charge in [-0.25, -0.2) is 14.3 Å². The molecule has 0 saturated heterocycles. The van der Waals surface area contributed by atoms with E-state index in [0.29, 0.717) is 17.2 Å². The average Bonchev–Trinajstić information content (AvgIpc) is 2.96. The lowest BCUT2D eigenvalue weighted by atomic mass is 10.2. The van der Waals surface area contributed by atoms with E-state index < -0.39 is 5.97 Å². The van der Waals surface area contributed by atoms with E-state index in [1.165, 1.54) is 28.1 Å². The van der Waals surface area contributed by atoms with E-state index in [2.05, 4.69) is 10.1 Å². The zero-order chi connectivity index (χ0) is 12.7. The van der Waals surface area contributed by atoms with Gasteiger partial charge in [0.1, 0.15) is 0 Å². The molecule has 0 aromatic carbocycles. The number of carbonyl (C=O) groups is 1. The maximum Gasteiger partial charge on any atom is 0.337 e. The zero-order valence-corrected chi connectivity index (χ0v) is 9.89. The summed E-state index contributed by atoms with van der Waals surface area (Å²) in [6.45, 7) is 0. The summed E-state index contributed by atoms with van der Waals surface area (Å²) in [7, 11) is 0. The summed E-state index contributed by atoms with van der Waals surface area (Å²) in [6, 6.07) is 5.18. The third-order valence-electron chi connectivity index (χ3n) is 2.45. The fourth-order valence-corrected chi connectivity index (χ4v) is 2.29. The highest BCUT2D eigenvalue weighted by Gasteiger charge is 2.13. The quantitative estimate of drug-likeness (QED) is 0.732. The predicted octanol–water partition coefficient (Wildman–Crippen LogP) is 1.74. The SMILES string of the molecule is Nc1cc(C(=O)O)cn2nc(-c3cccs3)nc12. The second-order valence-corrected chi connectivity index (χ2v) is 4.62. The molecule has 7 heteroatoms. The van der Waals surface area contributed by atoms with E-state index in [4.69, 9.17) is 10.8 Å².